The van der Waals surface area contributed by atoms with Crippen LogP contribution >= 0.6 is 11.3 Å². The molecule has 1 heterocycles. The fraction of sp³-hybridized carbons (Fsp3) is 0.812. The Balaban J connectivity index is 1.78. The van der Waals surface area contributed by atoms with Gasteiger partial charge in [-0.1, -0.05) is 46.5 Å². The normalized spacial score (nSPS) is 18.9. The van der Waals surface area contributed by atoms with E-state index in [1.165, 1.54) is 42.8 Å². The average Bonchev–Trinajstić information content (AvgIpc) is 2.95. The summed E-state index contributed by atoms with van der Waals surface area (Å²) in [6, 6.07) is 0.291. The van der Waals surface area contributed by atoms with Crippen molar-refractivity contribution in [3.05, 3.63) is 16.1 Å². The standard InChI is InChI=1S/C16H28N2S/c1-16(2,3)14-11-19-15(18-14)10-13(17)9-8-12-6-4-5-7-12/h11-13H,4-10,17H2,1-3H3. The van der Waals surface area contributed by atoms with Crippen molar-refractivity contribution in [2.24, 2.45) is 11.7 Å². The molecule has 1 aliphatic rings. The predicted octanol–water partition coefficient (Wildman–Crippen LogP) is 4.28. The molecular formula is C16H28N2S. The van der Waals surface area contributed by atoms with Gasteiger partial charge < -0.3 is 5.73 Å². The second-order valence-electron chi connectivity index (χ2n) is 7.07. The third-order valence-electron chi connectivity index (χ3n) is 4.18. The highest BCUT2D eigenvalue weighted by Gasteiger charge is 2.19. The third-order valence-corrected chi connectivity index (χ3v) is 5.05. The Labute approximate surface area is 121 Å². The van der Waals surface area contributed by atoms with Gasteiger partial charge in [0.05, 0.1) is 10.7 Å². The van der Waals surface area contributed by atoms with Gasteiger partial charge in [-0.2, -0.15) is 0 Å². The van der Waals surface area contributed by atoms with Crippen LogP contribution in [0.3, 0.4) is 0 Å². The van der Waals surface area contributed by atoms with E-state index in [0.29, 0.717) is 6.04 Å². The molecule has 0 aliphatic heterocycles. The number of aromatic nitrogens is 1. The first-order valence-corrected chi connectivity index (χ1v) is 8.53. The summed E-state index contributed by atoms with van der Waals surface area (Å²) < 4.78 is 0. The van der Waals surface area contributed by atoms with Crippen molar-refractivity contribution in [2.75, 3.05) is 0 Å². The van der Waals surface area contributed by atoms with E-state index < -0.39 is 0 Å². The van der Waals surface area contributed by atoms with Crippen LogP contribution in [0, 0.1) is 5.92 Å². The second-order valence-corrected chi connectivity index (χ2v) is 8.01. The molecule has 1 aromatic rings. The second kappa shape index (κ2) is 6.36. The van der Waals surface area contributed by atoms with E-state index in [1.807, 2.05) is 0 Å². The monoisotopic (exact) mass is 280 g/mol. The Morgan fingerprint density at radius 3 is 2.63 bits per heavy atom. The zero-order valence-corrected chi connectivity index (χ0v) is 13.4. The molecule has 0 radical (unpaired) electrons. The van der Waals surface area contributed by atoms with Gasteiger partial charge in [-0.25, -0.2) is 4.98 Å². The highest BCUT2D eigenvalue weighted by atomic mass is 32.1. The Morgan fingerprint density at radius 1 is 1.37 bits per heavy atom. The van der Waals surface area contributed by atoms with Crippen LogP contribution in [-0.4, -0.2) is 11.0 Å². The summed E-state index contributed by atoms with van der Waals surface area (Å²) in [6.45, 7) is 6.64. The quantitative estimate of drug-likeness (QED) is 0.874. The first kappa shape index (κ1) is 15.0. The maximum Gasteiger partial charge on any atom is 0.0943 e. The molecule has 2 nitrogen and oxygen atoms in total. The van der Waals surface area contributed by atoms with Crippen LogP contribution in [0.1, 0.15) is 70.0 Å². The van der Waals surface area contributed by atoms with E-state index >= 15 is 0 Å². The molecule has 1 atom stereocenters. The Kier molecular flexibility index (Phi) is 5.02. The van der Waals surface area contributed by atoms with Gasteiger partial charge in [0.1, 0.15) is 0 Å². The molecule has 108 valence electrons. The molecule has 1 unspecified atom stereocenters. The molecule has 1 aliphatic carbocycles. The Bertz CT molecular complexity index is 386. The first-order chi connectivity index (χ1) is 8.95. The number of nitrogens with zero attached hydrogens (tertiary/aromatic N) is 1. The van der Waals surface area contributed by atoms with Crippen molar-refractivity contribution in [1.82, 2.24) is 4.98 Å². The third kappa shape index (κ3) is 4.57. The maximum atomic E-state index is 6.27. The van der Waals surface area contributed by atoms with Crippen LogP contribution in [0.5, 0.6) is 0 Å². The van der Waals surface area contributed by atoms with Gasteiger partial charge in [-0.3, -0.25) is 0 Å². The SMILES string of the molecule is CC(C)(C)c1csc(CC(N)CCC2CCCC2)n1. The number of nitrogens with two attached hydrogens (primary N) is 1. The lowest BCUT2D eigenvalue weighted by Gasteiger charge is -2.15. The van der Waals surface area contributed by atoms with Crippen LogP contribution in [0.4, 0.5) is 0 Å². The fourth-order valence-corrected chi connectivity index (χ4v) is 3.94. The molecule has 0 aromatic carbocycles. The van der Waals surface area contributed by atoms with Crippen molar-refractivity contribution >= 4 is 11.3 Å². The van der Waals surface area contributed by atoms with E-state index in [1.54, 1.807) is 11.3 Å². The number of hydrogen-bond acceptors (Lipinski definition) is 3. The van der Waals surface area contributed by atoms with E-state index in [4.69, 9.17) is 10.7 Å². The zero-order chi connectivity index (χ0) is 13.9. The van der Waals surface area contributed by atoms with Crippen molar-refractivity contribution in [3.63, 3.8) is 0 Å². The van der Waals surface area contributed by atoms with E-state index in [0.717, 1.165) is 18.8 Å². The molecule has 2 N–H and O–H groups in total. The molecule has 3 heteroatoms. The van der Waals surface area contributed by atoms with Crippen LogP contribution in [-0.2, 0) is 11.8 Å². The van der Waals surface area contributed by atoms with Crippen molar-refractivity contribution in [2.45, 2.75) is 77.2 Å². The van der Waals surface area contributed by atoms with Crippen molar-refractivity contribution in [1.29, 1.82) is 0 Å². The predicted molar refractivity (Wildman–Crippen MR) is 83.7 cm³/mol. The maximum absolute atomic E-state index is 6.27. The Hall–Kier alpha value is -0.410. The number of hydrogen-bond donors (Lipinski definition) is 1. The van der Waals surface area contributed by atoms with Gasteiger partial charge in [-0.05, 0) is 18.8 Å². The highest BCUT2D eigenvalue weighted by molar-refractivity contribution is 7.09. The zero-order valence-electron chi connectivity index (χ0n) is 12.6. The first-order valence-electron chi connectivity index (χ1n) is 7.65. The molecule has 1 fully saturated rings. The minimum absolute atomic E-state index is 0.155. The minimum atomic E-state index is 0.155. The lowest BCUT2D eigenvalue weighted by molar-refractivity contribution is 0.446. The lowest BCUT2D eigenvalue weighted by Crippen LogP contribution is -2.23. The van der Waals surface area contributed by atoms with Crippen LogP contribution in [0.2, 0.25) is 0 Å². The van der Waals surface area contributed by atoms with E-state index in [-0.39, 0.29) is 5.41 Å². The molecular weight excluding hydrogens is 252 g/mol. The van der Waals surface area contributed by atoms with E-state index in [2.05, 4.69) is 26.2 Å². The largest absolute Gasteiger partial charge is 0.327 e. The molecule has 1 aromatic heterocycles. The highest BCUT2D eigenvalue weighted by Crippen LogP contribution is 2.29. The van der Waals surface area contributed by atoms with Gasteiger partial charge in [-0.15, -0.1) is 11.3 Å². The molecule has 0 saturated heterocycles. The van der Waals surface area contributed by atoms with Gasteiger partial charge in [0.25, 0.3) is 0 Å². The van der Waals surface area contributed by atoms with Crippen molar-refractivity contribution < 1.29 is 0 Å². The minimum Gasteiger partial charge on any atom is -0.327 e. The summed E-state index contributed by atoms with van der Waals surface area (Å²) in [4.78, 5) is 4.74. The fourth-order valence-electron chi connectivity index (χ4n) is 2.82. The summed E-state index contributed by atoms with van der Waals surface area (Å²) in [5.74, 6) is 0.951. The molecule has 2 rings (SSSR count). The summed E-state index contributed by atoms with van der Waals surface area (Å²) in [7, 11) is 0. The van der Waals surface area contributed by atoms with Crippen LogP contribution in [0.15, 0.2) is 5.38 Å². The molecule has 0 bridgehead atoms. The average molecular weight is 280 g/mol. The summed E-state index contributed by atoms with van der Waals surface area (Å²) in [6.07, 6.45) is 9.15. The van der Waals surface area contributed by atoms with Crippen LogP contribution in [0.25, 0.3) is 0 Å². The van der Waals surface area contributed by atoms with Crippen molar-refractivity contribution in [3.8, 4) is 0 Å². The molecule has 1 saturated carbocycles. The van der Waals surface area contributed by atoms with Gasteiger partial charge in [0.15, 0.2) is 0 Å². The number of thiazole rings is 1. The van der Waals surface area contributed by atoms with Gasteiger partial charge in [0, 0.05) is 23.3 Å². The molecule has 19 heavy (non-hydrogen) atoms. The topological polar surface area (TPSA) is 38.9 Å². The summed E-state index contributed by atoms with van der Waals surface area (Å²) >= 11 is 1.77. The smallest absolute Gasteiger partial charge is 0.0943 e. The number of rotatable bonds is 5. The van der Waals surface area contributed by atoms with Gasteiger partial charge >= 0.3 is 0 Å². The lowest BCUT2D eigenvalue weighted by atomic mass is 9.93. The van der Waals surface area contributed by atoms with Gasteiger partial charge in [0.2, 0.25) is 0 Å². The van der Waals surface area contributed by atoms with E-state index in [9.17, 15) is 0 Å². The summed E-state index contributed by atoms with van der Waals surface area (Å²) in [5.41, 5.74) is 7.63. The Morgan fingerprint density at radius 2 is 2.05 bits per heavy atom. The summed E-state index contributed by atoms with van der Waals surface area (Å²) in [5, 5.41) is 3.41. The van der Waals surface area contributed by atoms with Crippen LogP contribution < -0.4 is 5.73 Å². The molecule has 0 amide bonds. The molecule has 0 spiro atoms.